The van der Waals surface area contributed by atoms with Crippen LogP contribution in [0.2, 0.25) is 0 Å². The summed E-state index contributed by atoms with van der Waals surface area (Å²) in [5, 5.41) is 3.43. The summed E-state index contributed by atoms with van der Waals surface area (Å²) in [6.07, 6.45) is 1.68. The zero-order valence-electron chi connectivity index (χ0n) is 12.1. The molecule has 2 heterocycles. The van der Waals surface area contributed by atoms with E-state index in [1.54, 1.807) is 6.20 Å². The largest absolute Gasteiger partial charge is 0.397 e. The van der Waals surface area contributed by atoms with Gasteiger partial charge in [-0.3, -0.25) is 9.59 Å². The van der Waals surface area contributed by atoms with Crippen LogP contribution in [0.3, 0.4) is 0 Å². The van der Waals surface area contributed by atoms with Gasteiger partial charge < -0.3 is 16.8 Å². The number of thiophene rings is 1. The van der Waals surface area contributed by atoms with Gasteiger partial charge in [-0.15, -0.1) is 11.3 Å². The second kappa shape index (κ2) is 5.69. The van der Waals surface area contributed by atoms with Crippen LogP contribution >= 0.6 is 11.3 Å². The van der Waals surface area contributed by atoms with Crippen LogP contribution < -0.4 is 16.8 Å². The van der Waals surface area contributed by atoms with Crippen molar-refractivity contribution in [3.63, 3.8) is 0 Å². The van der Waals surface area contributed by atoms with E-state index < -0.39 is 17.9 Å². The number of nitrogens with two attached hydrogens (primary N) is 2. The molecule has 5 N–H and O–H groups in total. The van der Waals surface area contributed by atoms with Gasteiger partial charge in [0.05, 0.1) is 5.69 Å². The Balaban J connectivity index is 2.38. The SMILES string of the molecule is Cc1ccnc2sc(C(=O)NC(C(N)=O)C(C)C)c(N)c12. The number of nitrogens with one attached hydrogen (secondary N) is 1. The lowest BCUT2D eigenvalue weighted by molar-refractivity contribution is -0.120. The van der Waals surface area contributed by atoms with Crippen molar-refractivity contribution in [3.8, 4) is 0 Å². The Morgan fingerprint density at radius 1 is 1.38 bits per heavy atom. The fourth-order valence-corrected chi connectivity index (χ4v) is 3.19. The van der Waals surface area contributed by atoms with Gasteiger partial charge in [0.1, 0.15) is 15.7 Å². The van der Waals surface area contributed by atoms with Gasteiger partial charge in [-0.1, -0.05) is 13.8 Å². The average Bonchev–Trinajstić information content (AvgIpc) is 2.73. The number of aryl methyl sites for hydroxylation is 1. The second-order valence-corrected chi connectivity index (χ2v) is 6.25. The molecule has 2 aromatic heterocycles. The lowest BCUT2D eigenvalue weighted by Crippen LogP contribution is -2.47. The first-order valence-corrected chi connectivity index (χ1v) is 7.38. The molecule has 0 bridgehead atoms. The molecule has 21 heavy (non-hydrogen) atoms. The predicted octanol–water partition coefficient (Wildman–Crippen LogP) is 1.43. The zero-order chi connectivity index (χ0) is 15.7. The van der Waals surface area contributed by atoms with E-state index in [9.17, 15) is 9.59 Å². The first-order valence-electron chi connectivity index (χ1n) is 6.56. The molecule has 112 valence electrons. The molecule has 0 spiro atoms. The van der Waals surface area contributed by atoms with Crippen LogP contribution in [0, 0.1) is 12.8 Å². The van der Waals surface area contributed by atoms with Gasteiger partial charge >= 0.3 is 0 Å². The van der Waals surface area contributed by atoms with Gasteiger partial charge in [0.2, 0.25) is 5.91 Å². The molecule has 0 aliphatic heterocycles. The maximum Gasteiger partial charge on any atom is 0.264 e. The van der Waals surface area contributed by atoms with Gasteiger partial charge in [-0.25, -0.2) is 4.98 Å². The lowest BCUT2D eigenvalue weighted by Gasteiger charge is -2.18. The molecule has 0 aliphatic rings. The maximum atomic E-state index is 12.3. The topological polar surface area (TPSA) is 111 Å². The van der Waals surface area contributed by atoms with Crippen molar-refractivity contribution in [2.24, 2.45) is 11.7 Å². The van der Waals surface area contributed by atoms with E-state index in [-0.39, 0.29) is 5.92 Å². The number of carbonyl (C=O) groups excluding carboxylic acids is 2. The number of nitrogen functional groups attached to an aromatic ring is 1. The predicted molar refractivity (Wildman–Crippen MR) is 84.1 cm³/mol. The van der Waals surface area contributed by atoms with Crippen LogP contribution in [0.1, 0.15) is 29.1 Å². The number of hydrogen-bond donors (Lipinski definition) is 3. The molecule has 0 aromatic carbocycles. The van der Waals surface area contributed by atoms with E-state index in [4.69, 9.17) is 11.5 Å². The molecule has 2 amide bonds. The van der Waals surface area contributed by atoms with Gasteiger partial charge in [-0.05, 0) is 24.5 Å². The average molecular weight is 306 g/mol. The second-order valence-electron chi connectivity index (χ2n) is 5.25. The summed E-state index contributed by atoms with van der Waals surface area (Å²) in [6.45, 7) is 5.54. The fourth-order valence-electron chi connectivity index (χ4n) is 2.15. The van der Waals surface area contributed by atoms with E-state index in [1.807, 2.05) is 26.8 Å². The molecule has 0 aliphatic carbocycles. The summed E-state index contributed by atoms with van der Waals surface area (Å²) in [5.41, 5.74) is 12.7. The molecule has 2 aromatic rings. The van der Waals surface area contributed by atoms with Crippen LogP contribution in [-0.2, 0) is 4.79 Å². The highest BCUT2D eigenvalue weighted by Gasteiger charge is 2.25. The van der Waals surface area contributed by atoms with Crippen molar-refractivity contribution in [2.45, 2.75) is 26.8 Å². The summed E-state index contributed by atoms with van der Waals surface area (Å²) >= 11 is 1.21. The molecule has 0 radical (unpaired) electrons. The molecule has 0 saturated carbocycles. The van der Waals surface area contributed by atoms with Crippen molar-refractivity contribution in [2.75, 3.05) is 5.73 Å². The molecule has 0 saturated heterocycles. The van der Waals surface area contributed by atoms with Crippen molar-refractivity contribution < 1.29 is 9.59 Å². The third kappa shape index (κ3) is 2.82. The summed E-state index contributed by atoms with van der Waals surface area (Å²) in [4.78, 5) is 29.0. The zero-order valence-corrected chi connectivity index (χ0v) is 13.0. The van der Waals surface area contributed by atoms with E-state index in [0.29, 0.717) is 15.4 Å². The maximum absolute atomic E-state index is 12.3. The minimum atomic E-state index is -0.726. The summed E-state index contributed by atoms with van der Waals surface area (Å²) < 4.78 is 0. The van der Waals surface area contributed by atoms with E-state index in [0.717, 1.165) is 10.9 Å². The monoisotopic (exact) mass is 306 g/mol. The number of amides is 2. The first kappa shape index (κ1) is 15.2. The number of fused-ring (bicyclic) bond motifs is 1. The number of primary amides is 1. The molecule has 7 heteroatoms. The van der Waals surface area contributed by atoms with Crippen molar-refractivity contribution in [1.82, 2.24) is 10.3 Å². The summed E-state index contributed by atoms with van der Waals surface area (Å²) in [5.74, 6) is -1.05. The van der Waals surface area contributed by atoms with Gasteiger partial charge in [0.15, 0.2) is 0 Å². The number of carbonyl (C=O) groups is 2. The van der Waals surface area contributed by atoms with E-state index in [1.165, 1.54) is 11.3 Å². The normalized spacial score (nSPS) is 12.6. The van der Waals surface area contributed by atoms with Crippen LogP contribution in [0.25, 0.3) is 10.2 Å². The molecular formula is C14H18N4O2S. The van der Waals surface area contributed by atoms with Crippen LogP contribution in [0.5, 0.6) is 0 Å². The van der Waals surface area contributed by atoms with Crippen LogP contribution in [0.15, 0.2) is 12.3 Å². The Morgan fingerprint density at radius 3 is 2.57 bits per heavy atom. The number of rotatable bonds is 4. The standard InChI is InChI=1S/C14H18N4O2S/c1-6(2)10(12(16)19)18-13(20)11-9(15)8-7(3)4-5-17-14(8)21-11/h4-6,10H,15H2,1-3H3,(H2,16,19)(H,18,20). The summed E-state index contributed by atoms with van der Waals surface area (Å²) in [6, 6.07) is 1.11. The highest BCUT2D eigenvalue weighted by Crippen LogP contribution is 2.34. The highest BCUT2D eigenvalue weighted by atomic mass is 32.1. The Bertz CT molecular complexity index is 708. The molecular weight excluding hydrogens is 288 g/mol. The van der Waals surface area contributed by atoms with Crippen molar-refractivity contribution >= 4 is 39.1 Å². The number of hydrogen-bond acceptors (Lipinski definition) is 5. The quantitative estimate of drug-likeness (QED) is 0.793. The molecule has 0 fully saturated rings. The number of anilines is 1. The number of nitrogens with zero attached hydrogens (tertiary/aromatic N) is 1. The third-order valence-electron chi connectivity index (χ3n) is 3.30. The third-order valence-corrected chi connectivity index (χ3v) is 4.42. The van der Waals surface area contributed by atoms with Gasteiger partial charge in [-0.2, -0.15) is 0 Å². The molecule has 2 rings (SSSR count). The fraction of sp³-hybridized carbons (Fsp3) is 0.357. The first-order chi connectivity index (χ1) is 9.82. The molecule has 1 atom stereocenters. The number of pyridine rings is 1. The molecule has 1 unspecified atom stereocenters. The summed E-state index contributed by atoms with van der Waals surface area (Å²) in [7, 11) is 0. The van der Waals surface area contributed by atoms with Gasteiger partial charge in [0, 0.05) is 11.6 Å². The molecule has 6 nitrogen and oxygen atoms in total. The van der Waals surface area contributed by atoms with E-state index in [2.05, 4.69) is 10.3 Å². The van der Waals surface area contributed by atoms with Crippen molar-refractivity contribution in [3.05, 3.63) is 22.7 Å². The van der Waals surface area contributed by atoms with Crippen LogP contribution in [-0.4, -0.2) is 22.8 Å². The minimum absolute atomic E-state index is 0.0955. The lowest BCUT2D eigenvalue weighted by atomic mass is 10.0. The van der Waals surface area contributed by atoms with Crippen molar-refractivity contribution in [1.29, 1.82) is 0 Å². The van der Waals surface area contributed by atoms with Crippen LogP contribution in [0.4, 0.5) is 5.69 Å². The Morgan fingerprint density at radius 2 is 2.05 bits per heavy atom. The van der Waals surface area contributed by atoms with E-state index >= 15 is 0 Å². The minimum Gasteiger partial charge on any atom is -0.397 e. The highest BCUT2D eigenvalue weighted by molar-refractivity contribution is 7.21. The Kier molecular flexibility index (Phi) is 4.13. The number of aromatic nitrogens is 1. The smallest absolute Gasteiger partial charge is 0.264 e. The van der Waals surface area contributed by atoms with Gasteiger partial charge in [0.25, 0.3) is 5.91 Å². The Hall–Kier alpha value is -2.15. The Labute approximate surface area is 126 Å².